The molecule has 1 aromatic carbocycles. The number of hydrogen-bond acceptors (Lipinski definition) is 6. The first kappa shape index (κ1) is 25.2. The number of imidazole rings is 1. The third-order valence-electron chi connectivity index (χ3n) is 6.56. The van der Waals surface area contributed by atoms with E-state index in [0.29, 0.717) is 18.8 Å². The predicted molar refractivity (Wildman–Crippen MR) is 131 cm³/mol. The standard InChI is InChI=1S/C22H26N4O2.C4H4O4/c27-22-26(15-16-28-22)14-13-24-9-5-18(6-10-24)20-19-4-2-1-3-17(19)7-11-25-12-8-23-21(20)25;5-3(6)1-2-4(7)8/h1-4,8,12H,5-7,9-11,13-16H2;1-2H,(H,5,6)(H,7,8)/b;2-1+. The molecular formula is C26H30N4O6. The Morgan fingerprint density at radius 3 is 2.36 bits per heavy atom. The largest absolute Gasteiger partial charge is 0.478 e. The highest BCUT2D eigenvalue weighted by Gasteiger charge is 2.26. The molecule has 1 aromatic heterocycles. The van der Waals surface area contributed by atoms with E-state index in [0.717, 1.165) is 64.4 Å². The van der Waals surface area contributed by atoms with Crippen LogP contribution in [0.15, 0.2) is 54.4 Å². The number of piperidine rings is 1. The highest BCUT2D eigenvalue weighted by atomic mass is 16.6. The van der Waals surface area contributed by atoms with Crippen LogP contribution in [0.5, 0.6) is 0 Å². The maximum Gasteiger partial charge on any atom is 0.409 e. The van der Waals surface area contributed by atoms with Gasteiger partial charge in [-0.25, -0.2) is 19.4 Å². The normalized spacial score (nSPS) is 17.7. The lowest BCUT2D eigenvalue weighted by molar-refractivity contribution is -0.134. The molecule has 0 aliphatic carbocycles. The van der Waals surface area contributed by atoms with Crippen molar-refractivity contribution in [2.75, 3.05) is 39.3 Å². The van der Waals surface area contributed by atoms with E-state index in [2.05, 4.69) is 39.9 Å². The lowest BCUT2D eigenvalue weighted by atomic mass is 9.90. The highest BCUT2D eigenvalue weighted by Crippen LogP contribution is 2.35. The maximum absolute atomic E-state index is 11.6. The van der Waals surface area contributed by atoms with E-state index < -0.39 is 11.9 Å². The van der Waals surface area contributed by atoms with E-state index in [4.69, 9.17) is 19.9 Å². The van der Waals surface area contributed by atoms with Crippen molar-refractivity contribution in [3.05, 3.63) is 71.3 Å². The van der Waals surface area contributed by atoms with Crippen LogP contribution in [0.2, 0.25) is 0 Å². The molecule has 2 N–H and O–H groups in total. The smallest absolute Gasteiger partial charge is 0.409 e. The summed E-state index contributed by atoms with van der Waals surface area (Å²) in [7, 11) is 0. The number of carboxylic acid groups (broad SMARTS) is 2. The van der Waals surface area contributed by atoms with Gasteiger partial charge in [-0.05, 0) is 30.4 Å². The van der Waals surface area contributed by atoms with Gasteiger partial charge in [0, 0.05) is 62.8 Å². The number of carbonyl (C=O) groups excluding carboxylic acids is 1. The number of aryl methyl sites for hydroxylation is 2. The van der Waals surface area contributed by atoms with E-state index in [1.54, 1.807) is 0 Å². The number of cyclic esters (lactones) is 1. The Morgan fingerprint density at radius 2 is 1.69 bits per heavy atom. The van der Waals surface area contributed by atoms with Crippen LogP contribution in [0.1, 0.15) is 29.8 Å². The van der Waals surface area contributed by atoms with Crippen LogP contribution in [0, 0.1) is 0 Å². The van der Waals surface area contributed by atoms with Crippen molar-refractivity contribution in [3.63, 3.8) is 0 Å². The zero-order valence-corrected chi connectivity index (χ0v) is 20.0. The van der Waals surface area contributed by atoms with Gasteiger partial charge in [0.15, 0.2) is 0 Å². The first-order valence-electron chi connectivity index (χ1n) is 12.0. The molecular weight excluding hydrogens is 464 g/mol. The number of carboxylic acids is 2. The van der Waals surface area contributed by atoms with Crippen molar-refractivity contribution >= 4 is 23.6 Å². The summed E-state index contributed by atoms with van der Waals surface area (Å²) in [6, 6.07) is 8.80. The van der Waals surface area contributed by atoms with Gasteiger partial charge in [0.25, 0.3) is 0 Å². The number of amides is 1. The molecule has 0 unspecified atom stereocenters. The van der Waals surface area contributed by atoms with Gasteiger partial charge in [-0.1, -0.05) is 29.8 Å². The van der Waals surface area contributed by atoms with Gasteiger partial charge in [-0.3, -0.25) is 0 Å². The van der Waals surface area contributed by atoms with Crippen LogP contribution in [0.3, 0.4) is 0 Å². The molecule has 1 amide bonds. The molecule has 3 aliphatic rings. The second kappa shape index (κ2) is 11.7. The van der Waals surface area contributed by atoms with Gasteiger partial charge >= 0.3 is 18.0 Å². The molecule has 10 nitrogen and oxygen atoms in total. The topological polar surface area (TPSA) is 125 Å². The summed E-state index contributed by atoms with van der Waals surface area (Å²) in [6.07, 6.45) is 8.14. The fourth-order valence-electron chi connectivity index (χ4n) is 4.74. The van der Waals surface area contributed by atoms with Gasteiger partial charge in [-0.2, -0.15) is 0 Å². The molecule has 4 heterocycles. The van der Waals surface area contributed by atoms with Crippen LogP contribution in [0.4, 0.5) is 4.79 Å². The van der Waals surface area contributed by atoms with E-state index in [9.17, 15) is 14.4 Å². The third kappa shape index (κ3) is 6.19. The summed E-state index contributed by atoms with van der Waals surface area (Å²) in [6.45, 7) is 5.99. The van der Waals surface area contributed by atoms with Gasteiger partial charge in [0.2, 0.25) is 0 Å². The Hall–Kier alpha value is -3.92. The second-order valence-corrected chi connectivity index (χ2v) is 8.78. The van der Waals surface area contributed by atoms with Crippen molar-refractivity contribution in [2.24, 2.45) is 0 Å². The molecule has 0 bridgehead atoms. The van der Waals surface area contributed by atoms with Gasteiger partial charge in [-0.15, -0.1) is 0 Å². The molecule has 5 rings (SSSR count). The predicted octanol–water partition coefficient (Wildman–Crippen LogP) is 2.50. The van der Waals surface area contributed by atoms with Crippen LogP contribution in [-0.4, -0.2) is 86.9 Å². The first-order valence-corrected chi connectivity index (χ1v) is 12.0. The second-order valence-electron chi connectivity index (χ2n) is 8.78. The summed E-state index contributed by atoms with van der Waals surface area (Å²) in [5.41, 5.74) is 5.64. The van der Waals surface area contributed by atoms with Crippen molar-refractivity contribution in [3.8, 4) is 0 Å². The van der Waals surface area contributed by atoms with E-state index in [1.807, 2.05) is 11.1 Å². The molecule has 36 heavy (non-hydrogen) atoms. The number of carbonyl (C=O) groups is 3. The minimum absolute atomic E-state index is 0.165. The Kier molecular flexibility index (Phi) is 8.17. The Balaban J connectivity index is 0.000000331. The summed E-state index contributed by atoms with van der Waals surface area (Å²) >= 11 is 0. The maximum atomic E-state index is 11.6. The van der Waals surface area contributed by atoms with E-state index >= 15 is 0 Å². The quantitative estimate of drug-likeness (QED) is 0.608. The lowest BCUT2D eigenvalue weighted by Gasteiger charge is -2.31. The highest BCUT2D eigenvalue weighted by molar-refractivity contribution is 5.89. The van der Waals surface area contributed by atoms with Gasteiger partial charge in [0.05, 0.1) is 6.54 Å². The number of ether oxygens (including phenoxy) is 1. The monoisotopic (exact) mass is 494 g/mol. The molecule has 10 heteroatoms. The van der Waals surface area contributed by atoms with Crippen LogP contribution >= 0.6 is 0 Å². The number of nitrogens with zero attached hydrogens (tertiary/aromatic N) is 4. The number of likely N-dealkylation sites (tertiary alicyclic amines) is 1. The molecule has 3 aliphatic heterocycles. The average molecular weight is 495 g/mol. The van der Waals surface area contributed by atoms with Crippen molar-refractivity contribution < 1.29 is 29.3 Å². The van der Waals surface area contributed by atoms with Crippen molar-refractivity contribution in [1.29, 1.82) is 0 Å². The zero-order chi connectivity index (χ0) is 25.5. The van der Waals surface area contributed by atoms with E-state index in [-0.39, 0.29) is 6.09 Å². The summed E-state index contributed by atoms with van der Waals surface area (Å²) in [5.74, 6) is -1.40. The molecule has 190 valence electrons. The minimum Gasteiger partial charge on any atom is -0.478 e. The third-order valence-corrected chi connectivity index (χ3v) is 6.56. The number of hydrogen-bond donors (Lipinski definition) is 2. The first-order chi connectivity index (χ1) is 17.4. The van der Waals surface area contributed by atoms with Crippen LogP contribution in [-0.2, 0) is 27.3 Å². The molecule has 0 atom stereocenters. The van der Waals surface area contributed by atoms with Crippen LogP contribution in [0.25, 0.3) is 5.57 Å². The zero-order valence-electron chi connectivity index (χ0n) is 20.0. The number of benzene rings is 1. The minimum atomic E-state index is -1.26. The SMILES string of the molecule is O=C(O)/C=C/C(=O)O.O=C1OCCN1CCN1CCC(=C2c3ccccc3CCn3ccnc32)CC1. The lowest BCUT2D eigenvalue weighted by Crippen LogP contribution is -2.38. The van der Waals surface area contributed by atoms with Crippen molar-refractivity contribution in [2.45, 2.75) is 25.8 Å². The molecule has 0 radical (unpaired) electrons. The number of aromatic nitrogens is 2. The Labute approximate surface area is 209 Å². The Bertz CT molecular complexity index is 1160. The molecule has 2 aromatic rings. The number of aliphatic carboxylic acids is 2. The fourth-order valence-corrected chi connectivity index (χ4v) is 4.74. The summed E-state index contributed by atoms with van der Waals surface area (Å²) in [4.78, 5) is 39.7. The van der Waals surface area contributed by atoms with Crippen molar-refractivity contribution in [1.82, 2.24) is 19.4 Å². The number of fused-ring (bicyclic) bond motifs is 2. The molecule has 2 fully saturated rings. The van der Waals surface area contributed by atoms with Gasteiger partial charge < -0.3 is 29.3 Å². The van der Waals surface area contributed by atoms with E-state index in [1.165, 1.54) is 22.3 Å². The number of rotatable bonds is 5. The summed E-state index contributed by atoms with van der Waals surface area (Å²) in [5, 5.41) is 15.6. The Morgan fingerprint density at radius 1 is 0.972 bits per heavy atom. The molecule has 0 saturated carbocycles. The van der Waals surface area contributed by atoms with Crippen LogP contribution < -0.4 is 0 Å². The molecule has 0 spiro atoms. The fraction of sp³-hybridized carbons (Fsp3) is 0.385. The average Bonchev–Trinajstić information content (AvgIpc) is 3.47. The summed E-state index contributed by atoms with van der Waals surface area (Å²) < 4.78 is 7.32. The molecule has 2 saturated heterocycles. The van der Waals surface area contributed by atoms with Gasteiger partial charge in [0.1, 0.15) is 12.4 Å².